The standard InChI is InChI=1S/C21H35N3O5S/c1-5-13(2)17(19(26)22-14-10-8-6-7-9-11-14)23-20(27)18-21(3,4)30(28,29)16-12-15(25)24(16)18/h13-14,16-18H,5-12H2,1-4H3,(H,22,26)(H,23,27). The number of β-lactam (4-membered cyclic amide) rings is 1. The molecule has 2 N–H and O–H groups in total. The van der Waals surface area contributed by atoms with E-state index >= 15 is 0 Å². The van der Waals surface area contributed by atoms with Crippen molar-refractivity contribution in [2.45, 2.75) is 107 Å². The second kappa shape index (κ2) is 8.48. The summed E-state index contributed by atoms with van der Waals surface area (Å²) >= 11 is 0. The van der Waals surface area contributed by atoms with Crippen molar-refractivity contribution in [3.63, 3.8) is 0 Å². The Hall–Kier alpha value is -1.64. The fourth-order valence-corrected chi connectivity index (χ4v) is 7.04. The number of hydrogen-bond acceptors (Lipinski definition) is 5. The highest BCUT2D eigenvalue weighted by Gasteiger charge is 2.67. The molecule has 0 aromatic rings. The molecule has 1 saturated carbocycles. The van der Waals surface area contributed by atoms with Crippen LogP contribution in [0.3, 0.4) is 0 Å². The molecule has 0 aromatic carbocycles. The summed E-state index contributed by atoms with van der Waals surface area (Å²) in [6.07, 6.45) is 6.99. The third-order valence-electron chi connectivity index (χ3n) is 7.22. The van der Waals surface area contributed by atoms with Crippen molar-refractivity contribution in [2.24, 2.45) is 5.92 Å². The van der Waals surface area contributed by atoms with Crippen LogP contribution in [0.15, 0.2) is 0 Å². The molecule has 1 aliphatic carbocycles. The Morgan fingerprint density at radius 2 is 1.77 bits per heavy atom. The minimum Gasteiger partial charge on any atom is -0.352 e. The molecule has 2 aliphatic heterocycles. The van der Waals surface area contributed by atoms with Crippen molar-refractivity contribution in [3.05, 3.63) is 0 Å². The molecule has 3 fully saturated rings. The molecule has 0 spiro atoms. The van der Waals surface area contributed by atoms with Crippen molar-refractivity contribution in [1.82, 2.24) is 15.5 Å². The average molecular weight is 442 g/mol. The first-order chi connectivity index (χ1) is 14.0. The summed E-state index contributed by atoms with van der Waals surface area (Å²) in [5.41, 5.74) is 0. The maximum absolute atomic E-state index is 13.2. The van der Waals surface area contributed by atoms with E-state index in [-0.39, 0.29) is 30.2 Å². The largest absolute Gasteiger partial charge is 0.352 e. The van der Waals surface area contributed by atoms with E-state index in [1.165, 1.54) is 31.6 Å². The van der Waals surface area contributed by atoms with E-state index in [0.29, 0.717) is 6.42 Å². The first-order valence-electron chi connectivity index (χ1n) is 11.2. The molecule has 4 atom stereocenters. The molecule has 3 amide bonds. The predicted octanol–water partition coefficient (Wildman–Crippen LogP) is 1.49. The van der Waals surface area contributed by atoms with E-state index in [4.69, 9.17) is 0 Å². The molecule has 30 heavy (non-hydrogen) atoms. The van der Waals surface area contributed by atoms with E-state index in [2.05, 4.69) is 10.6 Å². The molecule has 4 unspecified atom stereocenters. The van der Waals surface area contributed by atoms with Crippen molar-refractivity contribution >= 4 is 27.6 Å². The van der Waals surface area contributed by atoms with Gasteiger partial charge < -0.3 is 15.5 Å². The first kappa shape index (κ1) is 23.0. The second-order valence-corrected chi connectivity index (χ2v) is 12.3. The van der Waals surface area contributed by atoms with Crippen LogP contribution < -0.4 is 10.6 Å². The number of carbonyl (C=O) groups excluding carboxylic acids is 3. The van der Waals surface area contributed by atoms with E-state index in [9.17, 15) is 22.8 Å². The molecule has 0 aromatic heterocycles. The van der Waals surface area contributed by atoms with E-state index in [0.717, 1.165) is 25.7 Å². The Bertz CT molecular complexity index is 801. The van der Waals surface area contributed by atoms with Crippen molar-refractivity contribution in [1.29, 1.82) is 0 Å². The van der Waals surface area contributed by atoms with Crippen LogP contribution in [0.4, 0.5) is 0 Å². The lowest BCUT2D eigenvalue weighted by Gasteiger charge is -2.37. The lowest BCUT2D eigenvalue weighted by Crippen LogP contribution is -2.62. The number of nitrogens with one attached hydrogen (secondary N) is 2. The summed E-state index contributed by atoms with van der Waals surface area (Å²) in [6, 6.07) is -1.78. The maximum atomic E-state index is 13.2. The Morgan fingerprint density at radius 3 is 2.30 bits per heavy atom. The summed E-state index contributed by atoms with van der Waals surface area (Å²) in [4.78, 5) is 39.6. The molecule has 170 valence electrons. The van der Waals surface area contributed by atoms with Crippen LogP contribution in [0.5, 0.6) is 0 Å². The Morgan fingerprint density at radius 1 is 1.17 bits per heavy atom. The third-order valence-corrected chi connectivity index (χ3v) is 10.0. The van der Waals surface area contributed by atoms with Gasteiger partial charge in [0.15, 0.2) is 9.84 Å². The number of sulfone groups is 1. The lowest BCUT2D eigenvalue weighted by atomic mass is 9.94. The third kappa shape index (κ3) is 3.85. The Balaban J connectivity index is 1.77. The normalized spacial score (nSPS) is 29.9. The minimum absolute atomic E-state index is 0.0769. The molecule has 9 heteroatoms. The lowest BCUT2D eigenvalue weighted by molar-refractivity contribution is -0.150. The SMILES string of the molecule is CCC(C)C(NC(=O)C1N2C(=O)CC2S(=O)(=O)C1(C)C)C(=O)NC1CCCCCC1. The summed E-state index contributed by atoms with van der Waals surface area (Å²) in [7, 11) is -3.66. The van der Waals surface area contributed by atoms with Crippen LogP contribution in [0.25, 0.3) is 0 Å². The number of hydrogen-bond donors (Lipinski definition) is 2. The van der Waals surface area contributed by atoms with E-state index in [1.807, 2.05) is 13.8 Å². The zero-order valence-corrected chi connectivity index (χ0v) is 19.3. The van der Waals surface area contributed by atoms with Crippen LogP contribution in [-0.4, -0.2) is 59.3 Å². The summed E-state index contributed by atoms with van der Waals surface area (Å²) < 4.78 is 24.2. The fourth-order valence-electron chi connectivity index (χ4n) is 4.90. The summed E-state index contributed by atoms with van der Waals surface area (Å²) in [6.45, 7) is 6.82. The number of carbonyl (C=O) groups is 3. The van der Waals surface area contributed by atoms with Gasteiger partial charge in [-0.15, -0.1) is 0 Å². The van der Waals surface area contributed by atoms with Crippen LogP contribution in [0.1, 0.15) is 79.1 Å². The smallest absolute Gasteiger partial charge is 0.245 e. The van der Waals surface area contributed by atoms with Crippen LogP contribution in [-0.2, 0) is 24.2 Å². The van der Waals surface area contributed by atoms with Crippen molar-refractivity contribution in [3.8, 4) is 0 Å². The van der Waals surface area contributed by atoms with Crippen LogP contribution in [0.2, 0.25) is 0 Å². The van der Waals surface area contributed by atoms with E-state index < -0.39 is 37.9 Å². The maximum Gasteiger partial charge on any atom is 0.245 e. The van der Waals surface area contributed by atoms with Gasteiger partial charge in [-0.1, -0.05) is 46.0 Å². The van der Waals surface area contributed by atoms with E-state index in [1.54, 1.807) is 0 Å². The van der Waals surface area contributed by atoms with Gasteiger partial charge in [-0.25, -0.2) is 8.42 Å². The number of nitrogens with zero attached hydrogens (tertiary/aromatic N) is 1. The van der Waals surface area contributed by atoms with Crippen LogP contribution >= 0.6 is 0 Å². The molecule has 2 heterocycles. The Kier molecular flexibility index (Phi) is 6.51. The van der Waals surface area contributed by atoms with Gasteiger partial charge >= 0.3 is 0 Å². The van der Waals surface area contributed by atoms with Gasteiger partial charge in [-0.05, 0) is 32.6 Å². The fraction of sp³-hybridized carbons (Fsp3) is 0.857. The summed E-state index contributed by atoms with van der Waals surface area (Å²) in [5, 5.41) is 4.97. The Labute approximate surface area is 179 Å². The molecule has 3 aliphatic rings. The molecule has 0 bridgehead atoms. The van der Waals surface area contributed by atoms with Gasteiger partial charge in [0.25, 0.3) is 0 Å². The summed E-state index contributed by atoms with van der Waals surface area (Å²) in [5.74, 6) is -1.25. The first-order valence-corrected chi connectivity index (χ1v) is 12.7. The molecule has 2 saturated heterocycles. The van der Waals surface area contributed by atoms with Crippen molar-refractivity contribution < 1.29 is 22.8 Å². The monoisotopic (exact) mass is 441 g/mol. The van der Waals surface area contributed by atoms with Crippen LogP contribution in [0, 0.1) is 5.92 Å². The van der Waals surface area contributed by atoms with Gasteiger partial charge in [0, 0.05) is 6.04 Å². The van der Waals surface area contributed by atoms with Gasteiger partial charge in [0.1, 0.15) is 17.5 Å². The zero-order chi connectivity index (χ0) is 22.3. The highest BCUT2D eigenvalue weighted by Crippen LogP contribution is 2.45. The molecular formula is C21H35N3O5S. The number of fused-ring (bicyclic) bond motifs is 1. The van der Waals surface area contributed by atoms with Gasteiger partial charge in [-0.3, -0.25) is 14.4 Å². The average Bonchev–Trinajstić information content (AvgIpc) is 2.88. The molecular weight excluding hydrogens is 406 g/mol. The molecule has 3 rings (SSSR count). The zero-order valence-electron chi connectivity index (χ0n) is 18.4. The minimum atomic E-state index is -3.66. The van der Waals surface area contributed by atoms with Gasteiger partial charge in [0.2, 0.25) is 17.7 Å². The highest BCUT2D eigenvalue weighted by molar-refractivity contribution is 7.93. The number of rotatable bonds is 6. The van der Waals surface area contributed by atoms with Gasteiger partial charge in [0.05, 0.1) is 11.2 Å². The number of amides is 3. The topological polar surface area (TPSA) is 113 Å². The quantitative estimate of drug-likeness (QED) is 0.479. The van der Waals surface area contributed by atoms with Gasteiger partial charge in [-0.2, -0.15) is 0 Å². The van der Waals surface area contributed by atoms with Crippen molar-refractivity contribution in [2.75, 3.05) is 0 Å². The molecule has 0 radical (unpaired) electrons. The molecule has 8 nitrogen and oxygen atoms in total. The highest BCUT2D eigenvalue weighted by atomic mass is 32.2. The second-order valence-electron chi connectivity index (χ2n) is 9.58. The predicted molar refractivity (Wildman–Crippen MR) is 113 cm³/mol.